The van der Waals surface area contributed by atoms with Gasteiger partial charge in [0.2, 0.25) is 5.91 Å². The fourth-order valence-electron chi connectivity index (χ4n) is 6.34. The summed E-state index contributed by atoms with van der Waals surface area (Å²) in [6.45, 7) is 10.7. The van der Waals surface area contributed by atoms with Crippen molar-refractivity contribution in [2.24, 2.45) is 0 Å². The van der Waals surface area contributed by atoms with Crippen molar-refractivity contribution in [2.75, 3.05) is 36.7 Å². The summed E-state index contributed by atoms with van der Waals surface area (Å²) in [5, 5.41) is 12.4. The van der Waals surface area contributed by atoms with E-state index >= 15 is 8.78 Å². The Morgan fingerprint density at radius 3 is 2.14 bits per heavy atom. The van der Waals surface area contributed by atoms with E-state index in [9.17, 15) is 27.9 Å². The van der Waals surface area contributed by atoms with Gasteiger partial charge in [0.25, 0.3) is 0 Å². The van der Waals surface area contributed by atoms with Gasteiger partial charge in [0.05, 0.1) is 22.9 Å². The highest BCUT2D eigenvalue weighted by Gasteiger charge is 2.39. The number of carbonyl (C=O) groups excluding carboxylic acids is 3. The third kappa shape index (κ3) is 10.2. The summed E-state index contributed by atoms with van der Waals surface area (Å²) < 4.78 is 76.0. The SMILES string of the molecule is COc1cc(C(Nc2cc3ccnc(N(C(=O)OC(C)(C)C)C(=O)OC(C)(C)C)c3cc2F)C(=O)N(C)Cc2cc(N)ccc2S(=O)(=O)C2CC2)c(F)cc1C(C)CO. The summed E-state index contributed by atoms with van der Waals surface area (Å²) in [7, 11) is -0.991. The molecule has 1 aliphatic carbocycles. The zero-order valence-corrected chi connectivity index (χ0v) is 35.4. The lowest BCUT2D eigenvalue weighted by Gasteiger charge is -2.29. The molecule has 2 unspecified atom stereocenters. The number of nitrogens with two attached hydrogens (primary N) is 1. The van der Waals surface area contributed by atoms with Gasteiger partial charge in [-0.05, 0) is 114 Å². The largest absolute Gasteiger partial charge is 0.496 e. The van der Waals surface area contributed by atoms with E-state index in [4.69, 9.17) is 19.9 Å². The molecule has 2 atom stereocenters. The lowest BCUT2D eigenvalue weighted by molar-refractivity contribution is -0.131. The van der Waals surface area contributed by atoms with Crippen LogP contribution >= 0.6 is 0 Å². The first-order valence-corrected chi connectivity index (χ1v) is 20.5. The maximum absolute atomic E-state index is 16.5. The van der Waals surface area contributed by atoms with Crippen molar-refractivity contribution >= 4 is 55.9 Å². The van der Waals surface area contributed by atoms with Gasteiger partial charge in [-0.1, -0.05) is 6.92 Å². The summed E-state index contributed by atoms with van der Waals surface area (Å²) in [5.74, 6) is -3.34. The van der Waals surface area contributed by atoms with Gasteiger partial charge >= 0.3 is 12.2 Å². The van der Waals surface area contributed by atoms with Gasteiger partial charge in [0.15, 0.2) is 15.7 Å². The summed E-state index contributed by atoms with van der Waals surface area (Å²) >= 11 is 0. The van der Waals surface area contributed by atoms with Crippen molar-refractivity contribution in [2.45, 2.75) is 101 Å². The predicted octanol–water partition coefficient (Wildman–Crippen LogP) is 7.62. The topological polar surface area (TPSA) is 191 Å². The van der Waals surface area contributed by atoms with Crippen LogP contribution in [0.1, 0.15) is 90.0 Å². The molecule has 318 valence electrons. The second kappa shape index (κ2) is 17.0. The Kier molecular flexibility index (Phi) is 12.8. The van der Waals surface area contributed by atoms with Crippen LogP contribution in [0.25, 0.3) is 10.8 Å². The minimum absolute atomic E-state index is 0.00600. The predicted molar refractivity (Wildman–Crippen MR) is 219 cm³/mol. The number of aliphatic hydroxyl groups excluding tert-OH is 1. The van der Waals surface area contributed by atoms with E-state index in [2.05, 4.69) is 10.3 Å². The highest BCUT2D eigenvalue weighted by molar-refractivity contribution is 7.92. The quantitative estimate of drug-likeness (QED) is 0.119. The van der Waals surface area contributed by atoms with E-state index in [1.165, 1.54) is 61.7 Å². The Balaban J connectivity index is 1.62. The molecule has 0 aliphatic heterocycles. The summed E-state index contributed by atoms with van der Waals surface area (Å²) in [6.07, 6.45) is 0.0447. The van der Waals surface area contributed by atoms with Gasteiger partial charge in [-0.2, -0.15) is 4.90 Å². The highest BCUT2D eigenvalue weighted by Crippen LogP contribution is 2.38. The molecule has 3 aromatic carbocycles. The molecule has 0 bridgehead atoms. The molecule has 1 aliphatic rings. The van der Waals surface area contributed by atoms with E-state index in [-0.39, 0.29) is 62.9 Å². The molecular formula is C42H51F2N5O9S. The Bertz CT molecular complexity index is 2350. The van der Waals surface area contributed by atoms with Crippen LogP contribution in [-0.2, 0) is 30.7 Å². The van der Waals surface area contributed by atoms with Crippen LogP contribution in [0.5, 0.6) is 5.75 Å². The highest BCUT2D eigenvalue weighted by atomic mass is 32.2. The number of nitrogen functional groups attached to an aromatic ring is 1. The first kappa shape index (κ1) is 44.6. The zero-order chi connectivity index (χ0) is 43.8. The van der Waals surface area contributed by atoms with Crippen LogP contribution in [0, 0.1) is 11.6 Å². The molecule has 0 saturated heterocycles. The Hall–Kier alpha value is -5.55. The number of rotatable bonds is 12. The number of anilines is 3. The molecule has 5 rings (SSSR count). The molecule has 1 heterocycles. The summed E-state index contributed by atoms with van der Waals surface area (Å²) in [5.41, 5.74) is 4.28. The third-order valence-corrected chi connectivity index (χ3v) is 11.7. The number of halogens is 2. The number of hydrogen-bond donors (Lipinski definition) is 3. The standard InChI is InChI=1S/C42H51F2N5O9S/c1-23(22-50)28-18-31(43)30(20-34(28)56-9)36(38(51)48(8)21-25-16-26(45)10-13-35(25)59(54,55)27-11-12-27)47-33-17-24-14-15-46-37(29(24)19-32(33)44)49(39(52)57-41(2,3)4)40(53)58-42(5,6)7/h10,13-20,23,27,36,47,50H,11-12,21-22,45H2,1-9H3. The van der Waals surface area contributed by atoms with Gasteiger partial charge in [0, 0.05) is 54.5 Å². The van der Waals surface area contributed by atoms with Crippen molar-refractivity contribution < 1.29 is 50.9 Å². The van der Waals surface area contributed by atoms with Crippen LogP contribution in [0.4, 0.5) is 35.6 Å². The Labute approximate surface area is 342 Å². The van der Waals surface area contributed by atoms with Crippen molar-refractivity contribution in [3.8, 4) is 5.75 Å². The molecule has 0 spiro atoms. The molecule has 1 fully saturated rings. The van der Waals surface area contributed by atoms with E-state index in [1.807, 2.05) is 0 Å². The first-order chi connectivity index (χ1) is 27.4. The van der Waals surface area contributed by atoms with Crippen LogP contribution < -0.4 is 20.7 Å². The minimum Gasteiger partial charge on any atom is -0.496 e. The third-order valence-electron chi connectivity index (χ3n) is 9.34. The normalized spacial score (nSPS) is 14.3. The van der Waals surface area contributed by atoms with E-state index in [0.29, 0.717) is 23.3 Å². The number of amides is 3. The number of benzene rings is 3. The second-order valence-electron chi connectivity index (χ2n) is 16.6. The molecule has 0 radical (unpaired) electrons. The van der Waals surface area contributed by atoms with Crippen molar-refractivity contribution in [1.82, 2.24) is 9.88 Å². The van der Waals surface area contributed by atoms with Crippen LogP contribution in [0.2, 0.25) is 0 Å². The number of ether oxygens (including phenoxy) is 3. The maximum Gasteiger partial charge on any atom is 0.425 e. The van der Waals surface area contributed by atoms with Gasteiger partial charge in [-0.25, -0.2) is 31.8 Å². The number of sulfone groups is 1. The average Bonchev–Trinajstić information content (AvgIpc) is 3.99. The zero-order valence-electron chi connectivity index (χ0n) is 34.6. The number of fused-ring (bicyclic) bond motifs is 1. The number of aromatic nitrogens is 1. The smallest absolute Gasteiger partial charge is 0.425 e. The molecule has 1 saturated carbocycles. The van der Waals surface area contributed by atoms with Crippen molar-refractivity contribution in [3.05, 3.63) is 83.1 Å². The molecule has 17 heteroatoms. The number of aliphatic hydroxyl groups is 1. The molecule has 1 aromatic heterocycles. The number of pyridine rings is 1. The average molecular weight is 840 g/mol. The van der Waals surface area contributed by atoms with E-state index in [0.717, 1.165) is 12.1 Å². The van der Waals surface area contributed by atoms with Crippen molar-refractivity contribution in [1.29, 1.82) is 0 Å². The van der Waals surface area contributed by atoms with Gasteiger partial charge in [-0.15, -0.1) is 0 Å². The van der Waals surface area contributed by atoms with Gasteiger partial charge in [0.1, 0.15) is 34.6 Å². The molecule has 59 heavy (non-hydrogen) atoms. The molecule has 14 nitrogen and oxygen atoms in total. The van der Waals surface area contributed by atoms with Gasteiger partial charge < -0.3 is 35.3 Å². The Morgan fingerprint density at radius 1 is 0.949 bits per heavy atom. The Morgan fingerprint density at radius 2 is 1.58 bits per heavy atom. The lowest BCUT2D eigenvalue weighted by atomic mass is 9.95. The number of imide groups is 1. The summed E-state index contributed by atoms with van der Waals surface area (Å²) in [6, 6.07) is 8.87. The first-order valence-electron chi connectivity index (χ1n) is 18.9. The number of nitrogens with one attached hydrogen (secondary N) is 1. The fraction of sp³-hybridized carbons (Fsp3) is 0.429. The number of methoxy groups -OCH3 is 1. The van der Waals surface area contributed by atoms with E-state index < -0.39 is 68.0 Å². The summed E-state index contributed by atoms with van der Waals surface area (Å²) in [4.78, 5) is 47.5. The lowest BCUT2D eigenvalue weighted by Crippen LogP contribution is -2.44. The van der Waals surface area contributed by atoms with Crippen LogP contribution in [-0.4, -0.2) is 78.7 Å². The number of likely N-dealkylation sites (N-methyl/N-ethyl adjacent to an activating group) is 1. The molecule has 3 amide bonds. The monoisotopic (exact) mass is 839 g/mol. The number of nitrogens with zero attached hydrogens (tertiary/aromatic N) is 3. The van der Waals surface area contributed by atoms with Crippen molar-refractivity contribution in [3.63, 3.8) is 0 Å². The minimum atomic E-state index is -3.72. The fourth-order valence-corrected chi connectivity index (χ4v) is 8.20. The number of hydrogen-bond acceptors (Lipinski definition) is 12. The molecule has 4 aromatic rings. The van der Waals surface area contributed by atoms with Crippen LogP contribution in [0.3, 0.4) is 0 Å². The molecule has 4 N–H and O–H groups in total. The van der Waals surface area contributed by atoms with E-state index in [1.54, 1.807) is 48.5 Å². The molecular weight excluding hydrogens is 789 g/mol. The van der Waals surface area contributed by atoms with Gasteiger partial charge in [-0.3, -0.25) is 4.79 Å². The maximum atomic E-state index is 16.5. The number of carbonyl (C=O) groups is 3. The van der Waals surface area contributed by atoms with Crippen LogP contribution in [0.15, 0.2) is 59.6 Å². The second-order valence-corrected chi connectivity index (χ2v) is 18.8.